The van der Waals surface area contributed by atoms with E-state index in [0.717, 1.165) is 18.7 Å². The second-order valence-electron chi connectivity index (χ2n) is 7.17. The molecule has 0 radical (unpaired) electrons. The van der Waals surface area contributed by atoms with Gasteiger partial charge >= 0.3 is 0 Å². The van der Waals surface area contributed by atoms with Crippen LogP contribution in [0.1, 0.15) is 22.1 Å². The van der Waals surface area contributed by atoms with Crippen molar-refractivity contribution in [2.24, 2.45) is 7.05 Å². The summed E-state index contributed by atoms with van der Waals surface area (Å²) < 4.78 is 6.66. The number of morpholine rings is 1. The Labute approximate surface area is 168 Å². The highest BCUT2D eigenvalue weighted by Gasteiger charge is 2.23. The van der Waals surface area contributed by atoms with E-state index in [1.54, 1.807) is 25.2 Å². The van der Waals surface area contributed by atoms with Gasteiger partial charge in [0.1, 0.15) is 0 Å². The first-order valence-electron chi connectivity index (χ1n) is 9.75. The molecule has 7 heteroatoms. The highest BCUT2D eigenvalue weighted by atomic mass is 16.5. The Kier molecular flexibility index (Phi) is 5.69. The predicted molar refractivity (Wildman–Crippen MR) is 111 cm³/mol. The molecule has 4 rings (SSSR count). The lowest BCUT2D eigenvalue weighted by Gasteiger charge is -2.31. The van der Waals surface area contributed by atoms with Gasteiger partial charge in [-0.25, -0.2) is 4.68 Å². The average molecular weight is 392 g/mol. The van der Waals surface area contributed by atoms with Crippen molar-refractivity contribution in [1.82, 2.24) is 20.0 Å². The molecule has 150 valence electrons. The fourth-order valence-electron chi connectivity index (χ4n) is 3.66. The molecule has 2 heterocycles. The number of nitrogens with zero attached hydrogens (tertiary/aromatic N) is 3. The lowest BCUT2D eigenvalue weighted by Crippen LogP contribution is -2.43. The van der Waals surface area contributed by atoms with Gasteiger partial charge in [0.25, 0.3) is 11.5 Å². The van der Waals surface area contributed by atoms with Crippen molar-refractivity contribution in [2.45, 2.75) is 6.04 Å². The average Bonchev–Trinajstić information content (AvgIpc) is 2.77. The summed E-state index contributed by atoms with van der Waals surface area (Å²) in [6.07, 6.45) is 0. The highest BCUT2D eigenvalue weighted by molar-refractivity contribution is 6.04. The van der Waals surface area contributed by atoms with Gasteiger partial charge < -0.3 is 10.1 Å². The largest absolute Gasteiger partial charge is 0.379 e. The number of hydrogen-bond acceptors (Lipinski definition) is 5. The number of aromatic nitrogens is 2. The second kappa shape index (κ2) is 8.55. The summed E-state index contributed by atoms with van der Waals surface area (Å²) in [6.45, 7) is 3.74. The standard InChI is InChI=1S/C22H24N4O3/c1-25-22(28)18-10-6-5-9-17(18)20(24-25)21(27)23-19(16-7-3-2-4-8-16)15-26-11-13-29-14-12-26/h2-10,19H,11-15H2,1H3,(H,23,27). The van der Waals surface area contributed by atoms with Crippen molar-refractivity contribution in [3.05, 3.63) is 76.2 Å². The molecular weight excluding hydrogens is 368 g/mol. The number of hydrogen-bond donors (Lipinski definition) is 1. The predicted octanol–water partition coefficient (Wildman–Crippen LogP) is 1.74. The Hall–Kier alpha value is -3.03. The molecule has 0 bridgehead atoms. The van der Waals surface area contributed by atoms with Crippen molar-refractivity contribution in [3.8, 4) is 0 Å². The minimum atomic E-state index is -0.293. The van der Waals surface area contributed by atoms with Crippen molar-refractivity contribution >= 4 is 16.7 Å². The third kappa shape index (κ3) is 4.21. The molecule has 0 spiro atoms. The van der Waals surface area contributed by atoms with Crippen LogP contribution in [0.5, 0.6) is 0 Å². The van der Waals surface area contributed by atoms with Gasteiger partial charge in [0, 0.05) is 32.1 Å². The second-order valence-corrected chi connectivity index (χ2v) is 7.17. The molecule has 3 aromatic rings. The van der Waals surface area contributed by atoms with Crippen molar-refractivity contribution < 1.29 is 9.53 Å². The van der Waals surface area contributed by atoms with Gasteiger partial charge in [0.2, 0.25) is 0 Å². The summed E-state index contributed by atoms with van der Waals surface area (Å²) in [5.41, 5.74) is 1.07. The zero-order valence-electron chi connectivity index (χ0n) is 16.4. The van der Waals surface area contributed by atoms with E-state index in [1.807, 2.05) is 36.4 Å². The number of aryl methyl sites for hydroxylation is 1. The smallest absolute Gasteiger partial charge is 0.274 e. The summed E-state index contributed by atoms with van der Waals surface area (Å²) in [5.74, 6) is -0.293. The molecule has 0 saturated carbocycles. The van der Waals surface area contributed by atoms with E-state index in [-0.39, 0.29) is 23.2 Å². The van der Waals surface area contributed by atoms with Crippen LogP contribution in [0.2, 0.25) is 0 Å². The molecule has 1 aliphatic heterocycles. The van der Waals surface area contributed by atoms with Crippen LogP contribution in [0.15, 0.2) is 59.4 Å². The van der Waals surface area contributed by atoms with Crippen molar-refractivity contribution in [2.75, 3.05) is 32.8 Å². The fourth-order valence-corrected chi connectivity index (χ4v) is 3.66. The van der Waals surface area contributed by atoms with Gasteiger partial charge in [-0.1, -0.05) is 48.5 Å². The molecule has 7 nitrogen and oxygen atoms in total. The van der Waals surface area contributed by atoms with Gasteiger partial charge in [0.15, 0.2) is 5.69 Å². The van der Waals surface area contributed by atoms with Crippen LogP contribution < -0.4 is 10.9 Å². The molecular formula is C22H24N4O3. The summed E-state index contributed by atoms with van der Waals surface area (Å²) >= 11 is 0. The first-order valence-corrected chi connectivity index (χ1v) is 9.75. The van der Waals surface area contributed by atoms with E-state index in [2.05, 4.69) is 15.3 Å². The van der Waals surface area contributed by atoms with Gasteiger partial charge in [-0.15, -0.1) is 0 Å². The van der Waals surface area contributed by atoms with E-state index in [0.29, 0.717) is 30.5 Å². The molecule has 1 fully saturated rings. The summed E-state index contributed by atoms with van der Waals surface area (Å²) in [6, 6.07) is 16.8. The first-order chi connectivity index (χ1) is 14.1. The molecule has 1 aliphatic rings. The Bertz CT molecular complexity index is 1060. The molecule has 1 aromatic heterocycles. The van der Waals surface area contributed by atoms with Crippen LogP contribution in [-0.2, 0) is 11.8 Å². The van der Waals surface area contributed by atoms with Crippen LogP contribution in [0, 0.1) is 0 Å². The molecule has 1 unspecified atom stereocenters. The summed E-state index contributed by atoms with van der Waals surface area (Å²) in [7, 11) is 1.56. The highest BCUT2D eigenvalue weighted by Crippen LogP contribution is 2.18. The van der Waals surface area contributed by atoms with E-state index < -0.39 is 0 Å². The van der Waals surface area contributed by atoms with Crippen LogP contribution in [-0.4, -0.2) is 53.4 Å². The Morgan fingerprint density at radius 3 is 2.45 bits per heavy atom. The van der Waals surface area contributed by atoms with Gasteiger partial charge in [-0.2, -0.15) is 5.10 Å². The zero-order chi connectivity index (χ0) is 20.2. The SMILES string of the molecule is Cn1nc(C(=O)NC(CN2CCOCC2)c2ccccc2)c2ccccc2c1=O. The molecule has 0 aliphatic carbocycles. The van der Waals surface area contributed by atoms with E-state index >= 15 is 0 Å². The number of fused-ring (bicyclic) bond motifs is 1. The number of carbonyl (C=O) groups excluding carboxylic acids is 1. The Morgan fingerprint density at radius 1 is 1.07 bits per heavy atom. The van der Waals surface area contributed by atoms with Crippen LogP contribution in [0.25, 0.3) is 10.8 Å². The first kappa shape index (κ1) is 19.3. The molecule has 1 saturated heterocycles. The maximum absolute atomic E-state index is 13.2. The normalized spacial score (nSPS) is 15.9. The number of nitrogens with one attached hydrogen (secondary N) is 1. The summed E-state index contributed by atoms with van der Waals surface area (Å²) in [4.78, 5) is 27.9. The lowest BCUT2D eigenvalue weighted by atomic mass is 10.0. The fraction of sp³-hybridized carbons (Fsp3) is 0.318. The molecule has 1 N–H and O–H groups in total. The quantitative estimate of drug-likeness (QED) is 0.716. The van der Waals surface area contributed by atoms with E-state index in [4.69, 9.17) is 4.74 Å². The maximum atomic E-state index is 13.2. The summed E-state index contributed by atoms with van der Waals surface area (Å²) in [5, 5.41) is 8.44. The number of ether oxygens (including phenoxy) is 1. The molecule has 1 atom stereocenters. The van der Waals surface area contributed by atoms with Gasteiger partial charge in [-0.05, 0) is 11.6 Å². The van der Waals surface area contributed by atoms with Crippen molar-refractivity contribution in [3.63, 3.8) is 0 Å². The Balaban J connectivity index is 1.65. The van der Waals surface area contributed by atoms with Gasteiger partial charge in [0.05, 0.1) is 24.6 Å². The number of rotatable bonds is 5. The van der Waals surface area contributed by atoms with Crippen molar-refractivity contribution in [1.29, 1.82) is 0 Å². The minimum Gasteiger partial charge on any atom is -0.379 e. The van der Waals surface area contributed by atoms with Crippen LogP contribution in [0.4, 0.5) is 0 Å². The monoisotopic (exact) mass is 392 g/mol. The number of amides is 1. The van der Waals surface area contributed by atoms with Crippen LogP contribution >= 0.6 is 0 Å². The molecule has 2 aromatic carbocycles. The maximum Gasteiger partial charge on any atom is 0.274 e. The number of benzene rings is 2. The third-order valence-electron chi connectivity index (χ3n) is 5.22. The minimum absolute atomic E-state index is 0.195. The lowest BCUT2D eigenvalue weighted by molar-refractivity contribution is 0.0332. The third-order valence-corrected chi connectivity index (χ3v) is 5.22. The van der Waals surface area contributed by atoms with Crippen LogP contribution in [0.3, 0.4) is 0 Å². The number of carbonyl (C=O) groups is 1. The molecule has 1 amide bonds. The molecule has 29 heavy (non-hydrogen) atoms. The van der Waals surface area contributed by atoms with E-state index in [9.17, 15) is 9.59 Å². The topological polar surface area (TPSA) is 76.5 Å². The van der Waals surface area contributed by atoms with Gasteiger partial charge in [-0.3, -0.25) is 14.5 Å². The van der Waals surface area contributed by atoms with E-state index in [1.165, 1.54) is 4.68 Å². The Morgan fingerprint density at radius 2 is 1.72 bits per heavy atom. The zero-order valence-corrected chi connectivity index (χ0v) is 16.4.